The highest BCUT2D eigenvalue weighted by molar-refractivity contribution is 6.99. The van der Waals surface area contributed by atoms with Gasteiger partial charge < -0.3 is 9.53 Å². The van der Waals surface area contributed by atoms with Crippen LogP contribution in [0.25, 0.3) is 0 Å². The van der Waals surface area contributed by atoms with E-state index in [1.807, 2.05) is 19.1 Å². The summed E-state index contributed by atoms with van der Waals surface area (Å²) in [5.74, 6) is 0. The first-order valence-corrected chi connectivity index (χ1v) is 10.3. The van der Waals surface area contributed by atoms with Crippen LogP contribution in [0.1, 0.15) is 27.7 Å². The zero-order valence-electron chi connectivity index (χ0n) is 15.1. The van der Waals surface area contributed by atoms with E-state index in [-0.39, 0.29) is 17.7 Å². The molecule has 0 amide bonds. The lowest BCUT2D eigenvalue weighted by Gasteiger charge is -2.44. The second-order valence-electron chi connectivity index (χ2n) is 7.24. The highest BCUT2D eigenvalue weighted by Gasteiger charge is 2.51. The van der Waals surface area contributed by atoms with Crippen LogP contribution in [0.3, 0.4) is 0 Å². The summed E-state index contributed by atoms with van der Waals surface area (Å²) in [6.45, 7) is 12.6. The lowest BCUT2D eigenvalue weighted by atomic mass is 10.2. The molecule has 0 fully saturated rings. The van der Waals surface area contributed by atoms with E-state index >= 15 is 0 Å². The second kappa shape index (κ2) is 7.47. The quantitative estimate of drug-likeness (QED) is 0.644. The van der Waals surface area contributed by atoms with Gasteiger partial charge >= 0.3 is 0 Å². The number of benzene rings is 2. The molecule has 1 atom stereocenters. The van der Waals surface area contributed by atoms with Gasteiger partial charge in [-0.25, -0.2) is 0 Å². The predicted octanol–water partition coefficient (Wildman–Crippen LogP) is 3.50. The van der Waals surface area contributed by atoms with Crippen molar-refractivity contribution < 1.29 is 9.53 Å². The summed E-state index contributed by atoms with van der Waals surface area (Å²) in [7, 11) is -2.56. The number of aliphatic hydroxyl groups is 1. The van der Waals surface area contributed by atoms with Gasteiger partial charge in [-0.15, -0.1) is 0 Å². The van der Waals surface area contributed by atoms with Gasteiger partial charge in [0.25, 0.3) is 8.32 Å². The Hall–Kier alpha value is -1.68. The van der Waals surface area contributed by atoms with Gasteiger partial charge in [0.2, 0.25) is 0 Å². The number of rotatable bonds is 6. The molecule has 0 aliphatic rings. The zero-order chi connectivity index (χ0) is 17.8. The summed E-state index contributed by atoms with van der Waals surface area (Å²) >= 11 is 0. The summed E-state index contributed by atoms with van der Waals surface area (Å²) in [6.07, 6.45) is -0.207. The average molecular weight is 341 g/mol. The van der Waals surface area contributed by atoms with Gasteiger partial charge in [0, 0.05) is 0 Å². The third-order valence-electron chi connectivity index (χ3n) is 4.55. The van der Waals surface area contributed by atoms with Crippen LogP contribution in [0.15, 0.2) is 72.8 Å². The Morgan fingerprint density at radius 2 is 1.42 bits per heavy atom. The Morgan fingerprint density at radius 1 is 1.00 bits per heavy atom. The van der Waals surface area contributed by atoms with Crippen LogP contribution in [0.2, 0.25) is 5.04 Å². The summed E-state index contributed by atoms with van der Waals surface area (Å²) < 4.78 is 6.81. The summed E-state index contributed by atoms with van der Waals surface area (Å²) in [4.78, 5) is 0. The van der Waals surface area contributed by atoms with Crippen LogP contribution in [0, 0.1) is 0 Å². The number of hydrogen-bond acceptors (Lipinski definition) is 2. The lowest BCUT2D eigenvalue weighted by molar-refractivity contribution is 0.214. The Balaban J connectivity index is 2.68. The molecular weight excluding hydrogens is 312 g/mol. The topological polar surface area (TPSA) is 29.5 Å². The van der Waals surface area contributed by atoms with Gasteiger partial charge in [0.1, 0.15) is 0 Å². The molecule has 128 valence electrons. The number of aliphatic hydroxyl groups excluding tert-OH is 1. The predicted molar refractivity (Wildman–Crippen MR) is 104 cm³/mol. The molecule has 2 aromatic carbocycles. The molecule has 2 nitrogen and oxygen atoms in total. The highest BCUT2D eigenvalue weighted by atomic mass is 28.4. The van der Waals surface area contributed by atoms with Crippen molar-refractivity contribution in [2.24, 2.45) is 0 Å². The van der Waals surface area contributed by atoms with E-state index in [9.17, 15) is 5.11 Å². The first-order chi connectivity index (χ1) is 11.3. The minimum Gasteiger partial charge on any atom is -0.401 e. The molecule has 0 heterocycles. The maximum Gasteiger partial charge on any atom is 0.261 e. The lowest BCUT2D eigenvalue weighted by Crippen LogP contribution is -2.67. The molecule has 0 saturated heterocycles. The fourth-order valence-corrected chi connectivity index (χ4v) is 7.88. The van der Waals surface area contributed by atoms with Gasteiger partial charge in [-0.3, -0.25) is 0 Å². The largest absolute Gasteiger partial charge is 0.401 e. The van der Waals surface area contributed by atoms with Crippen LogP contribution in [0.4, 0.5) is 0 Å². The fourth-order valence-electron chi connectivity index (χ4n) is 3.17. The monoisotopic (exact) mass is 340 g/mol. The molecule has 0 radical (unpaired) electrons. The third kappa shape index (κ3) is 3.53. The van der Waals surface area contributed by atoms with Gasteiger partial charge in [0.05, 0.1) is 12.7 Å². The van der Waals surface area contributed by atoms with Crippen molar-refractivity contribution in [3.05, 3.63) is 72.8 Å². The van der Waals surface area contributed by atoms with E-state index in [0.29, 0.717) is 5.57 Å². The van der Waals surface area contributed by atoms with Gasteiger partial charge in [-0.2, -0.15) is 0 Å². The standard InChI is InChI=1S/C21H28O2Si/c1-17(16-22)18(2)23-24(21(3,4)5,19-12-8-6-9-13-19)20-14-10-7-11-15-20/h6-15,18,22H,1,16H2,2-5H3/t18-/m1/s1. The second-order valence-corrected chi connectivity index (χ2v) is 11.5. The van der Waals surface area contributed by atoms with Gasteiger partial charge in [-0.05, 0) is 27.9 Å². The van der Waals surface area contributed by atoms with Crippen LogP contribution < -0.4 is 10.4 Å². The molecule has 24 heavy (non-hydrogen) atoms. The smallest absolute Gasteiger partial charge is 0.261 e. The van der Waals surface area contributed by atoms with Crippen molar-refractivity contribution in [2.45, 2.75) is 38.8 Å². The van der Waals surface area contributed by atoms with Crippen LogP contribution in [0.5, 0.6) is 0 Å². The van der Waals surface area contributed by atoms with E-state index in [4.69, 9.17) is 4.43 Å². The van der Waals surface area contributed by atoms with Crippen molar-refractivity contribution in [2.75, 3.05) is 6.61 Å². The molecule has 0 aliphatic carbocycles. The van der Waals surface area contributed by atoms with E-state index in [1.165, 1.54) is 10.4 Å². The molecule has 0 aromatic heterocycles. The number of hydrogen-bond donors (Lipinski definition) is 1. The molecule has 3 heteroatoms. The Bertz CT molecular complexity index is 620. The Labute approximate surface area is 146 Å². The summed E-state index contributed by atoms with van der Waals surface area (Å²) in [6, 6.07) is 21.0. The van der Waals surface area contributed by atoms with Crippen LogP contribution in [-0.4, -0.2) is 26.1 Å². The summed E-state index contributed by atoms with van der Waals surface area (Å²) in [5.41, 5.74) is 0.711. The molecule has 2 aromatic rings. The molecule has 1 N–H and O–H groups in total. The summed E-state index contributed by atoms with van der Waals surface area (Å²) in [5, 5.41) is 11.9. The Morgan fingerprint density at radius 3 is 1.75 bits per heavy atom. The minimum absolute atomic E-state index is 0.0562. The third-order valence-corrected chi connectivity index (χ3v) is 9.66. The highest BCUT2D eigenvalue weighted by Crippen LogP contribution is 2.37. The fraction of sp³-hybridized carbons (Fsp3) is 0.333. The van der Waals surface area contributed by atoms with E-state index in [2.05, 4.69) is 75.9 Å². The van der Waals surface area contributed by atoms with Gasteiger partial charge in [0.15, 0.2) is 0 Å². The van der Waals surface area contributed by atoms with Gasteiger partial charge in [-0.1, -0.05) is 88.0 Å². The van der Waals surface area contributed by atoms with E-state index in [1.54, 1.807) is 0 Å². The van der Waals surface area contributed by atoms with E-state index < -0.39 is 8.32 Å². The van der Waals surface area contributed by atoms with E-state index in [0.717, 1.165) is 0 Å². The molecular formula is C21H28O2Si. The zero-order valence-corrected chi connectivity index (χ0v) is 16.1. The normalized spacial score (nSPS) is 13.5. The van der Waals surface area contributed by atoms with Crippen molar-refractivity contribution in [3.8, 4) is 0 Å². The average Bonchev–Trinajstić information content (AvgIpc) is 2.59. The molecule has 0 aliphatic heterocycles. The van der Waals surface area contributed by atoms with Crippen LogP contribution in [-0.2, 0) is 4.43 Å². The molecule has 0 bridgehead atoms. The Kier molecular flexibility index (Phi) is 5.81. The SMILES string of the molecule is C=C(CO)[C@@H](C)O[Si](c1ccccc1)(c1ccccc1)C(C)(C)C. The molecule has 0 unspecified atom stereocenters. The first-order valence-electron chi connectivity index (χ1n) is 8.40. The van der Waals surface area contributed by atoms with Crippen molar-refractivity contribution in [3.63, 3.8) is 0 Å². The van der Waals surface area contributed by atoms with Crippen molar-refractivity contribution in [1.29, 1.82) is 0 Å². The maximum absolute atomic E-state index is 9.48. The van der Waals surface area contributed by atoms with Crippen LogP contribution >= 0.6 is 0 Å². The molecule has 0 spiro atoms. The first kappa shape index (κ1) is 18.7. The minimum atomic E-state index is -2.56. The maximum atomic E-state index is 9.48. The molecule has 0 saturated carbocycles. The molecule has 2 rings (SSSR count). The van der Waals surface area contributed by atoms with Crippen molar-refractivity contribution >= 4 is 18.7 Å². The van der Waals surface area contributed by atoms with Crippen molar-refractivity contribution in [1.82, 2.24) is 0 Å².